The molecule has 0 aliphatic heterocycles. The van der Waals surface area contributed by atoms with E-state index >= 15 is 0 Å². The Kier molecular flexibility index (Phi) is 4.43. The number of thiophene rings is 1. The summed E-state index contributed by atoms with van der Waals surface area (Å²) in [5, 5.41) is 5.77. The number of pyridine rings is 1. The molecule has 2 heterocycles. The van der Waals surface area contributed by atoms with Crippen LogP contribution in [0.5, 0.6) is 0 Å². The van der Waals surface area contributed by atoms with Crippen LogP contribution in [-0.2, 0) is 6.54 Å². The topological polar surface area (TPSA) is 24.9 Å². The Morgan fingerprint density at radius 1 is 1.05 bits per heavy atom. The van der Waals surface area contributed by atoms with E-state index in [2.05, 4.69) is 70.3 Å². The first-order valence-electron chi connectivity index (χ1n) is 7.06. The van der Waals surface area contributed by atoms with Crippen molar-refractivity contribution in [2.24, 2.45) is 0 Å². The third kappa shape index (κ3) is 3.57. The summed E-state index contributed by atoms with van der Waals surface area (Å²) in [6.07, 6.45) is 1.94. The number of hydrogen-bond donors (Lipinski definition) is 1. The molecule has 3 heteroatoms. The molecule has 3 rings (SSSR count). The fraction of sp³-hybridized carbons (Fsp3) is 0.167. The minimum atomic E-state index is 0.229. The van der Waals surface area contributed by atoms with Crippen molar-refractivity contribution in [1.82, 2.24) is 10.3 Å². The largest absolute Gasteiger partial charge is 0.301 e. The fourth-order valence-electron chi connectivity index (χ4n) is 2.31. The van der Waals surface area contributed by atoms with Crippen LogP contribution in [0, 0.1) is 6.92 Å². The van der Waals surface area contributed by atoms with E-state index < -0.39 is 0 Å². The molecule has 1 N–H and O–H groups in total. The smallest absolute Gasteiger partial charge is 0.0673 e. The first-order valence-corrected chi connectivity index (χ1v) is 7.94. The molecule has 0 radical (unpaired) electrons. The van der Waals surface area contributed by atoms with E-state index in [4.69, 9.17) is 0 Å². The highest BCUT2D eigenvalue weighted by molar-refractivity contribution is 7.10. The molecule has 0 spiro atoms. The second-order valence-corrected chi connectivity index (χ2v) is 6.03. The van der Waals surface area contributed by atoms with Crippen molar-refractivity contribution in [3.8, 4) is 0 Å². The highest BCUT2D eigenvalue weighted by atomic mass is 32.1. The molecule has 0 saturated heterocycles. The summed E-state index contributed by atoms with van der Waals surface area (Å²) < 4.78 is 0. The van der Waals surface area contributed by atoms with E-state index in [1.54, 1.807) is 11.3 Å². The molecule has 1 atom stereocenters. The van der Waals surface area contributed by atoms with Gasteiger partial charge in [-0.2, -0.15) is 0 Å². The van der Waals surface area contributed by atoms with Gasteiger partial charge in [-0.25, -0.2) is 0 Å². The van der Waals surface area contributed by atoms with Crippen LogP contribution in [0.4, 0.5) is 0 Å². The lowest BCUT2D eigenvalue weighted by molar-refractivity contribution is 0.612. The number of aromatic nitrogens is 1. The van der Waals surface area contributed by atoms with Crippen molar-refractivity contribution in [2.45, 2.75) is 19.5 Å². The third-order valence-corrected chi connectivity index (χ3v) is 4.38. The van der Waals surface area contributed by atoms with Crippen LogP contribution >= 0.6 is 11.3 Å². The lowest BCUT2D eigenvalue weighted by Gasteiger charge is -2.18. The van der Waals surface area contributed by atoms with Crippen molar-refractivity contribution in [3.05, 3.63) is 87.9 Å². The van der Waals surface area contributed by atoms with Gasteiger partial charge in [-0.05, 0) is 35.6 Å². The number of aryl methyl sites for hydroxylation is 1. The van der Waals surface area contributed by atoms with Gasteiger partial charge in [-0.3, -0.25) is 4.98 Å². The Morgan fingerprint density at radius 2 is 1.90 bits per heavy atom. The van der Waals surface area contributed by atoms with E-state index in [9.17, 15) is 0 Å². The lowest BCUT2D eigenvalue weighted by Crippen LogP contribution is -2.21. The predicted molar refractivity (Wildman–Crippen MR) is 88.4 cm³/mol. The van der Waals surface area contributed by atoms with Gasteiger partial charge in [0.15, 0.2) is 0 Å². The maximum absolute atomic E-state index is 4.36. The normalized spacial score (nSPS) is 12.2. The van der Waals surface area contributed by atoms with Gasteiger partial charge in [-0.15, -0.1) is 11.3 Å². The Morgan fingerprint density at radius 3 is 2.57 bits per heavy atom. The molecular formula is C18H18N2S. The van der Waals surface area contributed by atoms with Crippen molar-refractivity contribution in [2.75, 3.05) is 0 Å². The summed E-state index contributed by atoms with van der Waals surface area (Å²) in [5.74, 6) is 0. The van der Waals surface area contributed by atoms with Crippen molar-refractivity contribution >= 4 is 11.3 Å². The van der Waals surface area contributed by atoms with Crippen LogP contribution < -0.4 is 5.32 Å². The Hall–Kier alpha value is -1.97. The molecule has 3 aromatic rings. The van der Waals surface area contributed by atoms with E-state index in [0.717, 1.165) is 12.2 Å². The van der Waals surface area contributed by atoms with Crippen LogP contribution in [-0.4, -0.2) is 4.98 Å². The molecule has 106 valence electrons. The van der Waals surface area contributed by atoms with Gasteiger partial charge >= 0.3 is 0 Å². The minimum Gasteiger partial charge on any atom is -0.301 e. The molecule has 0 aliphatic rings. The third-order valence-electron chi connectivity index (χ3n) is 3.44. The van der Waals surface area contributed by atoms with Gasteiger partial charge in [0.1, 0.15) is 0 Å². The summed E-state index contributed by atoms with van der Waals surface area (Å²) in [6, 6.07) is 19.3. The zero-order valence-corrected chi connectivity index (χ0v) is 12.8. The summed E-state index contributed by atoms with van der Waals surface area (Å²) >= 11 is 1.79. The van der Waals surface area contributed by atoms with E-state index in [1.807, 2.05) is 13.1 Å². The molecule has 2 nitrogen and oxygen atoms in total. The molecular weight excluding hydrogens is 276 g/mol. The summed E-state index contributed by atoms with van der Waals surface area (Å²) in [4.78, 5) is 5.69. The van der Waals surface area contributed by atoms with Crippen LogP contribution in [0.1, 0.15) is 27.7 Å². The first kappa shape index (κ1) is 14.0. The summed E-state index contributed by atoms with van der Waals surface area (Å²) in [5.41, 5.74) is 3.55. The van der Waals surface area contributed by atoms with Gasteiger partial charge in [0, 0.05) is 23.3 Å². The van der Waals surface area contributed by atoms with E-state index in [0.29, 0.717) is 0 Å². The molecule has 0 amide bonds. The second-order valence-electron chi connectivity index (χ2n) is 5.05. The van der Waals surface area contributed by atoms with Crippen LogP contribution in [0.2, 0.25) is 0 Å². The van der Waals surface area contributed by atoms with Gasteiger partial charge in [-0.1, -0.05) is 42.5 Å². The Balaban J connectivity index is 1.78. The molecule has 0 bridgehead atoms. The Bertz CT molecular complexity index is 660. The van der Waals surface area contributed by atoms with Crippen molar-refractivity contribution in [1.29, 1.82) is 0 Å². The van der Waals surface area contributed by atoms with E-state index in [1.165, 1.54) is 16.0 Å². The number of nitrogens with zero attached hydrogens (tertiary/aromatic N) is 1. The summed E-state index contributed by atoms with van der Waals surface area (Å²) in [7, 11) is 0. The lowest BCUT2D eigenvalue weighted by atomic mass is 10.1. The monoisotopic (exact) mass is 294 g/mol. The number of nitrogens with one attached hydrogen (secondary N) is 1. The summed E-state index contributed by atoms with van der Waals surface area (Å²) in [6.45, 7) is 2.82. The average molecular weight is 294 g/mol. The zero-order chi connectivity index (χ0) is 14.5. The highest BCUT2D eigenvalue weighted by Crippen LogP contribution is 2.26. The molecule has 1 unspecified atom stereocenters. The Labute approximate surface area is 129 Å². The van der Waals surface area contributed by atoms with Gasteiger partial charge in [0.2, 0.25) is 0 Å². The van der Waals surface area contributed by atoms with Gasteiger partial charge < -0.3 is 5.32 Å². The fourth-order valence-corrected chi connectivity index (χ4v) is 3.13. The molecule has 0 aliphatic carbocycles. The van der Waals surface area contributed by atoms with Gasteiger partial charge in [0.05, 0.1) is 6.04 Å². The molecule has 1 aromatic carbocycles. The zero-order valence-electron chi connectivity index (χ0n) is 12.0. The maximum Gasteiger partial charge on any atom is 0.0673 e. The highest BCUT2D eigenvalue weighted by Gasteiger charge is 2.14. The van der Waals surface area contributed by atoms with Crippen LogP contribution in [0.3, 0.4) is 0 Å². The molecule has 2 aromatic heterocycles. The van der Waals surface area contributed by atoms with Crippen LogP contribution in [0.25, 0.3) is 0 Å². The molecule has 21 heavy (non-hydrogen) atoms. The minimum absolute atomic E-state index is 0.229. The molecule has 0 fully saturated rings. The van der Waals surface area contributed by atoms with Crippen molar-refractivity contribution < 1.29 is 0 Å². The quantitative estimate of drug-likeness (QED) is 0.757. The van der Waals surface area contributed by atoms with Crippen LogP contribution in [0.15, 0.2) is 66.2 Å². The molecule has 0 saturated carbocycles. The average Bonchev–Trinajstić information content (AvgIpc) is 3.05. The van der Waals surface area contributed by atoms with Crippen molar-refractivity contribution in [3.63, 3.8) is 0 Å². The van der Waals surface area contributed by atoms with Gasteiger partial charge in [0.25, 0.3) is 0 Å². The first-order chi connectivity index (χ1) is 10.3. The number of rotatable bonds is 5. The second kappa shape index (κ2) is 6.66. The standard InChI is InChI=1S/C18H18N2S/c1-14-9-10-15(12-19-14)13-20-18(17-8-5-11-21-17)16-6-3-2-4-7-16/h2-12,18,20H,13H2,1H3. The maximum atomic E-state index is 4.36. The number of benzene rings is 1. The SMILES string of the molecule is Cc1ccc(CNC(c2ccccc2)c2cccs2)cn1. The predicted octanol–water partition coefficient (Wildman–Crippen LogP) is 4.33. The number of hydrogen-bond acceptors (Lipinski definition) is 3. The van der Waals surface area contributed by atoms with E-state index in [-0.39, 0.29) is 6.04 Å².